The van der Waals surface area contributed by atoms with Gasteiger partial charge in [0, 0.05) is 6.54 Å². The van der Waals surface area contributed by atoms with Gasteiger partial charge >= 0.3 is 5.97 Å². The van der Waals surface area contributed by atoms with Gasteiger partial charge in [0.05, 0.1) is 19.6 Å². The Balaban J connectivity index is 1.28. The Bertz CT molecular complexity index is 1110. The van der Waals surface area contributed by atoms with E-state index in [2.05, 4.69) is 4.90 Å². The van der Waals surface area contributed by atoms with Crippen molar-refractivity contribution < 1.29 is 28.2 Å². The maximum absolute atomic E-state index is 13.6. The average molecular weight is 524 g/mol. The smallest absolute Gasteiger partial charge is 0.310 e. The summed E-state index contributed by atoms with van der Waals surface area (Å²) in [5.41, 5.74) is 0.798. The lowest BCUT2D eigenvalue weighted by Gasteiger charge is -2.42. The predicted molar refractivity (Wildman–Crippen MR) is 142 cm³/mol. The number of benzene rings is 3. The number of carbonyl (C=O) groups excluding carboxylic acids is 1. The van der Waals surface area contributed by atoms with Crippen molar-refractivity contribution in [2.45, 2.75) is 38.2 Å². The number of nitrogens with zero attached hydrogens (tertiary/aromatic N) is 1. The molecule has 1 saturated heterocycles. The summed E-state index contributed by atoms with van der Waals surface area (Å²) >= 11 is 0. The fourth-order valence-electron chi connectivity index (χ4n) is 5.18. The van der Waals surface area contributed by atoms with Crippen molar-refractivity contribution >= 4 is 5.97 Å². The number of likely N-dealkylation sites (tertiary alicyclic amines) is 1. The van der Waals surface area contributed by atoms with Crippen LogP contribution < -0.4 is 4.74 Å². The van der Waals surface area contributed by atoms with Crippen LogP contribution in [-0.4, -0.2) is 48.8 Å². The number of ether oxygens (including phenoxy) is 2. The van der Waals surface area contributed by atoms with Gasteiger partial charge in [0.2, 0.25) is 0 Å². The Morgan fingerprint density at radius 2 is 1.47 bits per heavy atom. The van der Waals surface area contributed by atoms with E-state index in [1.165, 1.54) is 24.3 Å². The zero-order valence-electron chi connectivity index (χ0n) is 21.7. The monoisotopic (exact) mass is 523 g/mol. The van der Waals surface area contributed by atoms with Crippen molar-refractivity contribution in [1.82, 2.24) is 4.90 Å². The van der Waals surface area contributed by atoms with Crippen LogP contribution >= 0.6 is 0 Å². The van der Waals surface area contributed by atoms with E-state index in [1.807, 2.05) is 24.3 Å². The minimum Gasteiger partial charge on any atom is -0.494 e. The maximum Gasteiger partial charge on any atom is 0.310 e. The first-order valence-corrected chi connectivity index (χ1v) is 13.2. The van der Waals surface area contributed by atoms with Gasteiger partial charge in [-0.05, 0) is 98.3 Å². The van der Waals surface area contributed by atoms with Crippen molar-refractivity contribution in [1.29, 1.82) is 0 Å². The van der Waals surface area contributed by atoms with Crippen LogP contribution in [0.5, 0.6) is 5.75 Å². The molecule has 1 aliphatic rings. The minimum atomic E-state index is -1.32. The van der Waals surface area contributed by atoms with Crippen LogP contribution in [0.15, 0.2) is 72.8 Å². The van der Waals surface area contributed by atoms with E-state index in [4.69, 9.17) is 9.47 Å². The molecule has 0 unspecified atom stereocenters. The molecule has 0 saturated carbocycles. The van der Waals surface area contributed by atoms with Crippen molar-refractivity contribution in [3.8, 4) is 5.75 Å². The van der Waals surface area contributed by atoms with Gasteiger partial charge in [-0.3, -0.25) is 4.79 Å². The van der Waals surface area contributed by atoms with E-state index in [0.717, 1.165) is 50.2 Å². The predicted octanol–water partition coefficient (Wildman–Crippen LogP) is 5.49. The summed E-state index contributed by atoms with van der Waals surface area (Å²) in [6.07, 6.45) is 2.62. The molecule has 0 aliphatic carbocycles. The Labute approximate surface area is 223 Å². The summed E-state index contributed by atoms with van der Waals surface area (Å²) in [5.74, 6) is -0.280. The molecule has 0 aromatic heterocycles. The number of aliphatic hydroxyl groups is 1. The molecule has 1 aliphatic heterocycles. The molecule has 1 fully saturated rings. The number of hydrogen-bond acceptors (Lipinski definition) is 5. The van der Waals surface area contributed by atoms with E-state index < -0.39 is 5.60 Å². The lowest BCUT2D eigenvalue weighted by atomic mass is 9.72. The number of hydrogen-bond donors (Lipinski definition) is 1. The Morgan fingerprint density at radius 1 is 0.921 bits per heavy atom. The van der Waals surface area contributed by atoms with Gasteiger partial charge in [0.15, 0.2) is 0 Å². The Hall–Kier alpha value is -3.29. The number of esters is 1. The molecule has 38 heavy (non-hydrogen) atoms. The summed E-state index contributed by atoms with van der Waals surface area (Å²) < 4.78 is 38.1. The quantitative estimate of drug-likeness (QED) is 0.266. The zero-order chi connectivity index (χ0) is 27.0. The molecule has 4 rings (SSSR count). The number of carbonyl (C=O) groups is 1. The molecule has 5 nitrogen and oxygen atoms in total. The number of piperidine rings is 1. The normalized spacial score (nSPS) is 14.8. The van der Waals surface area contributed by atoms with E-state index in [-0.39, 0.29) is 29.9 Å². The second kappa shape index (κ2) is 13.0. The SMILES string of the molecule is CCOC(=O)Cc1ccc(OCCCN2CCC(C(O)(c3ccc(F)cc3)c3ccc(F)cc3)CC2)cc1. The fourth-order valence-corrected chi connectivity index (χ4v) is 5.18. The molecule has 0 spiro atoms. The van der Waals surface area contributed by atoms with E-state index in [0.29, 0.717) is 24.3 Å². The van der Waals surface area contributed by atoms with Crippen LogP contribution in [0.2, 0.25) is 0 Å². The molecule has 3 aromatic carbocycles. The van der Waals surface area contributed by atoms with Crippen LogP contribution in [0.1, 0.15) is 42.9 Å². The second-order valence-electron chi connectivity index (χ2n) is 9.72. The Morgan fingerprint density at radius 3 is 2.00 bits per heavy atom. The van der Waals surface area contributed by atoms with Gasteiger partial charge in [0.1, 0.15) is 23.0 Å². The molecule has 0 amide bonds. The first-order chi connectivity index (χ1) is 18.4. The van der Waals surface area contributed by atoms with Gasteiger partial charge in [-0.15, -0.1) is 0 Å². The summed E-state index contributed by atoms with van der Waals surface area (Å²) in [6, 6.07) is 19.4. The van der Waals surface area contributed by atoms with Crippen molar-refractivity contribution in [3.63, 3.8) is 0 Å². The van der Waals surface area contributed by atoms with Crippen molar-refractivity contribution in [2.24, 2.45) is 5.92 Å². The van der Waals surface area contributed by atoms with E-state index in [1.54, 1.807) is 31.2 Å². The molecule has 1 N–H and O–H groups in total. The minimum absolute atomic E-state index is 0.0842. The lowest BCUT2D eigenvalue weighted by molar-refractivity contribution is -0.142. The average Bonchev–Trinajstić information content (AvgIpc) is 2.93. The molecule has 202 valence electrons. The largest absolute Gasteiger partial charge is 0.494 e. The van der Waals surface area contributed by atoms with Crippen LogP contribution in [-0.2, 0) is 21.6 Å². The summed E-state index contributed by atoms with van der Waals surface area (Å²) in [5, 5.41) is 12.0. The molecule has 1 heterocycles. The summed E-state index contributed by atoms with van der Waals surface area (Å²) in [6.45, 7) is 5.25. The standard InChI is InChI=1S/C31H35F2NO4/c1-2-37-30(35)22-23-4-14-29(15-5-23)38-21-3-18-34-19-16-26(17-20-34)31(36,24-6-10-27(32)11-7-24)25-8-12-28(33)13-9-25/h4-15,26,36H,2-3,16-22H2,1H3. The fraction of sp³-hybridized carbons (Fsp3) is 0.387. The van der Waals surface area contributed by atoms with Gasteiger partial charge in [-0.25, -0.2) is 8.78 Å². The number of rotatable bonds is 11. The highest BCUT2D eigenvalue weighted by atomic mass is 19.1. The van der Waals surface area contributed by atoms with Crippen LogP contribution in [0.4, 0.5) is 8.78 Å². The summed E-state index contributed by atoms with van der Waals surface area (Å²) in [7, 11) is 0. The topological polar surface area (TPSA) is 59.0 Å². The third-order valence-corrected chi connectivity index (χ3v) is 7.21. The van der Waals surface area contributed by atoms with Gasteiger partial charge < -0.3 is 19.5 Å². The highest BCUT2D eigenvalue weighted by molar-refractivity contribution is 5.72. The molecule has 3 aromatic rings. The zero-order valence-corrected chi connectivity index (χ0v) is 21.7. The molecule has 0 atom stereocenters. The lowest BCUT2D eigenvalue weighted by Crippen LogP contribution is -2.44. The van der Waals surface area contributed by atoms with Gasteiger partial charge in [0.25, 0.3) is 0 Å². The van der Waals surface area contributed by atoms with E-state index in [9.17, 15) is 18.7 Å². The molecule has 0 bridgehead atoms. The maximum atomic E-state index is 13.6. The van der Waals surface area contributed by atoms with Crippen LogP contribution in [0.25, 0.3) is 0 Å². The second-order valence-corrected chi connectivity index (χ2v) is 9.72. The third-order valence-electron chi connectivity index (χ3n) is 7.21. The third kappa shape index (κ3) is 6.97. The van der Waals surface area contributed by atoms with Crippen LogP contribution in [0, 0.1) is 17.6 Å². The van der Waals surface area contributed by atoms with Gasteiger partial charge in [-0.2, -0.15) is 0 Å². The molecule has 7 heteroatoms. The summed E-state index contributed by atoms with van der Waals surface area (Å²) in [4.78, 5) is 14.0. The van der Waals surface area contributed by atoms with Crippen molar-refractivity contribution in [3.05, 3.63) is 101 Å². The molecular weight excluding hydrogens is 488 g/mol. The molecule has 0 radical (unpaired) electrons. The highest BCUT2D eigenvalue weighted by Gasteiger charge is 2.41. The number of halogens is 2. The Kier molecular flexibility index (Phi) is 9.48. The van der Waals surface area contributed by atoms with Crippen molar-refractivity contribution in [2.75, 3.05) is 32.8 Å². The van der Waals surface area contributed by atoms with Gasteiger partial charge in [-0.1, -0.05) is 36.4 Å². The van der Waals surface area contributed by atoms with E-state index >= 15 is 0 Å². The first-order valence-electron chi connectivity index (χ1n) is 13.2. The highest BCUT2D eigenvalue weighted by Crippen LogP contribution is 2.42. The van der Waals surface area contributed by atoms with Crippen LogP contribution in [0.3, 0.4) is 0 Å². The molecular formula is C31H35F2NO4. The first kappa shape index (κ1) is 27.7.